The molecular weight excluding hydrogens is 376 g/mol. The third-order valence-electron chi connectivity index (χ3n) is 3.34. The quantitative estimate of drug-likeness (QED) is 0.576. The van der Waals surface area contributed by atoms with Crippen LogP contribution < -0.4 is 15.4 Å². The summed E-state index contributed by atoms with van der Waals surface area (Å²) in [6.07, 6.45) is 2.92. The molecule has 124 valence electrons. The lowest BCUT2D eigenvalue weighted by atomic mass is 10.2. The smallest absolute Gasteiger partial charge is 0.170 e. The van der Waals surface area contributed by atoms with Crippen molar-refractivity contribution in [2.45, 2.75) is 26.8 Å². The number of hydrogen-bond acceptors (Lipinski definition) is 3. The van der Waals surface area contributed by atoms with Crippen molar-refractivity contribution in [2.24, 2.45) is 0 Å². The van der Waals surface area contributed by atoms with E-state index in [4.69, 9.17) is 17.0 Å². The van der Waals surface area contributed by atoms with Gasteiger partial charge in [-0.1, -0.05) is 6.07 Å². The van der Waals surface area contributed by atoms with Gasteiger partial charge in [-0.25, -0.2) is 0 Å². The molecule has 2 rings (SSSR count). The number of ether oxygens (including phenoxy) is 1. The highest BCUT2D eigenvalue weighted by Crippen LogP contribution is 2.24. The first-order valence-corrected chi connectivity index (χ1v) is 8.59. The molecule has 1 aromatic heterocycles. The monoisotopic (exact) mass is 396 g/mol. The number of aromatic nitrogens is 2. The minimum atomic E-state index is 0.590. The molecule has 2 N–H and O–H groups in total. The van der Waals surface area contributed by atoms with Crippen LogP contribution in [0.4, 0.5) is 5.69 Å². The van der Waals surface area contributed by atoms with Crippen LogP contribution in [0.25, 0.3) is 0 Å². The molecule has 0 bridgehead atoms. The number of anilines is 1. The van der Waals surface area contributed by atoms with E-state index in [0.29, 0.717) is 5.11 Å². The predicted molar refractivity (Wildman–Crippen MR) is 101 cm³/mol. The zero-order valence-electron chi connectivity index (χ0n) is 13.5. The first-order chi connectivity index (χ1) is 11.0. The average molecular weight is 397 g/mol. The SMILES string of the molecule is COc1ccc(C)cc1NC(=S)NCCCn1cc(Br)c(C)n1. The Morgan fingerprint density at radius 3 is 2.83 bits per heavy atom. The molecular formula is C16H21BrN4OS. The van der Waals surface area contributed by atoms with E-state index in [-0.39, 0.29) is 0 Å². The van der Waals surface area contributed by atoms with E-state index in [0.717, 1.165) is 46.7 Å². The molecule has 23 heavy (non-hydrogen) atoms. The maximum absolute atomic E-state index is 5.33. The van der Waals surface area contributed by atoms with Gasteiger partial charge >= 0.3 is 0 Å². The van der Waals surface area contributed by atoms with Crippen molar-refractivity contribution in [3.8, 4) is 5.75 Å². The molecule has 0 amide bonds. The van der Waals surface area contributed by atoms with E-state index in [1.807, 2.05) is 42.9 Å². The van der Waals surface area contributed by atoms with Crippen molar-refractivity contribution < 1.29 is 4.74 Å². The Morgan fingerprint density at radius 1 is 1.39 bits per heavy atom. The molecule has 0 fully saturated rings. The van der Waals surface area contributed by atoms with Gasteiger partial charge in [0.05, 0.1) is 23.0 Å². The molecule has 0 spiro atoms. The van der Waals surface area contributed by atoms with Gasteiger partial charge in [-0.05, 0) is 66.1 Å². The Kier molecular flexibility index (Phi) is 6.41. The standard InChI is InChI=1S/C16H21BrN4OS/c1-11-5-6-15(22-3)14(9-11)19-16(23)18-7-4-8-21-10-13(17)12(2)20-21/h5-6,9-10H,4,7-8H2,1-3H3,(H2,18,19,23). The van der Waals surface area contributed by atoms with Crippen LogP contribution >= 0.6 is 28.1 Å². The molecule has 5 nitrogen and oxygen atoms in total. The van der Waals surface area contributed by atoms with Gasteiger partial charge < -0.3 is 15.4 Å². The molecule has 1 aromatic carbocycles. The lowest BCUT2D eigenvalue weighted by Gasteiger charge is -2.14. The highest BCUT2D eigenvalue weighted by atomic mass is 79.9. The summed E-state index contributed by atoms with van der Waals surface area (Å²) in [4.78, 5) is 0. The van der Waals surface area contributed by atoms with Crippen molar-refractivity contribution in [1.29, 1.82) is 0 Å². The van der Waals surface area contributed by atoms with Crippen LogP contribution in [-0.4, -0.2) is 28.5 Å². The van der Waals surface area contributed by atoms with Crippen LogP contribution in [0.1, 0.15) is 17.7 Å². The van der Waals surface area contributed by atoms with Gasteiger partial charge in [0.1, 0.15) is 5.75 Å². The number of aryl methyl sites for hydroxylation is 3. The number of nitrogens with zero attached hydrogens (tertiary/aromatic N) is 2. The molecule has 0 aliphatic heterocycles. The first-order valence-electron chi connectivity index (χ1n) is 7.38. The molecule has 0 atom stereocenters. The zero-order chi connectivity index (χ0) is 16.8. The van der Waals surface area contributed by atoms with Crippen LogP contribution in [-0.2, 0) is 6.54 Å². The fourth-order valence-corrected chi connectivity index (χ4v) is 2.66. The van der Waals surface area contributed by atoms with Gasteiger partial charge in [-0.2, -0.15) is 5.10 Å². The molecule has 0 radical (unpaired) electrons. The molecule has 0 unspecified atom stereocenters. The normalized spacial score (nSPS) is 10.4. The van der Waals surface area contributed by atoms with Crippen molar-refractivity contribution >= 4 is 38.9 Å². The Labute approximate surface area is 150 Å². The number of hydrogen-bond donors (Lipinski definition) is 2. The maximum Gasteiger partial charge on any atom is 0.170 e. The lowest BCUT2D eigenvalue weighted by Crippen LogP contribution is -2.30. The summed E-state index contributed by atoms with van der Waals surface area (Å²) in [5.41, 5.74) is 3.02. The van der Waals surface area contributed by atoms with Crippen LogP contribution in [0.15, 0.2) is 28.9 Å². The van der Waals surface area contributed by atoms with Crippen LogP contribution in [0, 0.1) is 13.8 Å². The summed E-state index contributed by atoms with van der Waals surface area (Å²) >= 11 is 8.80. The topological polar surface area (TPSA) is 51.1 Å². The summed E-state index contributed by atoms with van der Waals surface area (Å²) < 4.78 is 8.30. The fourth-order valence-electron chi connectivity index (χ4n) is 2.14. The van der Waals surface area contributed by atoms with Crippen molar-refractivity contribution in [3.63, 3.8) is 0 Å². The minimum Gasteiger partial charge on any atom is -0.495 e. The average Bonchev–Trinajstić information content (AvgIpc) is 2.82. The minimum absolute atomic E-state index is 0.590. The molecule has 7 heteroatoms. The van der Waals surface area contributed by atoms with E-state index in [1.54, 1.807) is 7.11 Å². The van der Waals surface area contributed by atoms with Crippen molar-refractivity contribution in [2.75, 3.05) is 19.0 Å². The fraction of sp³-hybridized carbons (Fsp3) is 0.375. The Balaban J connectivity index is 1.78. The number of rotatable bonds is 6. The molecule has 0 aliphatic rings. The summed E-state index contributed by atoms with van der Waals surface area (Å²) in [5.74, 6) is 0.775. The van der Waals surface area contributed by atoms with Gasteiger partial charge in [0.2, 0.25) is 0 Å². The van der Waals surface area contributed by atoms with E-state index >= 15 is 0 Å². The highest BCUT2D eigenvalue weighted by Gasteiger charge is 2.05. The highest BCUT2D eigenvalue weighted by molar-refractivity contribution is 9.10. The predicted octanol–water partition coefficient (Wildman–Crippen LogP) is 3.65. The van der Waals surface area contributed by atoms with Crippen LogP contribution in [0.2, 0.25) is 0 Å². The second-order valence-corrected chi connectivity index (χ2v) is 6.53. The van der Waals surface area contributed by atoms with Gasteiger partial charge in [-0.3, -0.25) is 4.68 Å². The second kappa shape index (κ2) is 8.31. The van der Waals surface area contributed by atoms with E-state index in [9.17, 15) is 0 Å². The molecule has 1 heterocycles. The molecule has 2 aromatic rings. The van der Waals surface area contributed by atoms with E-state index < -0.39 is 0 Å². The number of nitrogens with one attached hydrogen (secondary N) is 2. The van der Waals surface area contributed by atoms with Gasteiger partial charge in [0.25, 0.3) is 0 Å². The largest absolute Gasteiger partial charge is 0.495 e. The Morgan fingerprint density at radius 2 is 2.17 bits per heavy atom. The Hall–Kier alpha value is -1.60. The summed E-state index contributed by atoms with van der Waals surface area (Å²) in [6, 6.07) is 5.94. The summed E-state index contributed by atoms with van der Waals surface area (Å²) in [5, 5.41) is 11.4. The van der Waals surface area contributed by atoms with Crippen molar-refractivity contribution in [3.05, 3.63) is 40.1 Å². The second-order valence-electron chi connectivity index (χ2n) is 5.26. The maximum atomic E-state index is 5.33. The number of benzene rings is 1. The summed E-state index contributed by atoms with van der Waals surface area (Å²) in [6.45, 7) is 5.63. The molecule has 0 saturated carbocycles. The number of halogens is 1. The summed E-state index contributed by atoms with van der Waals surface area (Å²) in [7, 11) is 1.65. The third kappa shape index (κ3) is 5.21. The van der Waals surface area contributed by atoms with Gasteiger partial charge in [0, 0.05) is 19.3 Å². The zero-order valence-corrected chi connectivity index (χ0v) is 15.9. The third-order valence-corrected chi connectivity index (χ3v) is 4.36. The number of methoxy groups -OCH3 is 1. The first kappa shape index (κ1) is 17.7. The van der Waals surface area contributed by atoms with E-state index in [1.165, 1.54) is 0 Å². The van der Waals surface area contributed by atoms with Gasteiger partial charge in [-0.15, -0.1) is 0 Å². The number of thiocarbonyl (C=S) groups is 1. The molecule has 0 saturated heterocycles. The van der Waals surface area contributed by atoms with Crippen LogP contribution in [0.5, 0.6) is 5.75 Å². The van der Waals surface area contributed by atoms with Crippen LogP contribution in [0.3, 0.4) is 0 Å². The van der Waals surface area contributed by atoms with Gasteiger partial charge in [0.15, 0.2) is 5.11 Å². The van der Waals surface area contributed by atoms with Crippen molar-refractivity contribution in [1.82, 2.24) is 15.1 Å². The Bertz CT molecular complexity index is 667. The lowest BCUT2D eigenvalue weighted by molar-refractivity contribution is 0.417. The van der Waals surface area contributed by atoms with E-state index in [2.05, 4.69) is 31.7 Å². The molecule has 0 aliphatic carbocycles.